The van der Waals surface area contributed by atoms with E-state index in [1.807, 2.05) is 0 Å². The highest BCUT2D eigenvalue weighted by molar-refractivity contribution is 7.79. The third kappa shape index (κ3) is 30.0. The van der Waals surface area contributed by atoms with E-state index >= 15 is 0 Å². The van der Waals surface area contributed by atoms with Gasteiger partial charge in [-0.2, -0.15) is 8.42 Å². The standard InChI is InChI=1S/C24H52N.H2O4S/c1-5-8-9-10-11-12-13-14-15-16-17-18-19-20-21-22-23-24-25(4,6-2)7-3;1-5(2,3)4/h5-24H2,1-4H3;(H2,1,2,3,4)/q+1;. The third-order valence-electron chi connectivity index (χ3n) is 6.33. The molecule has 0 aromatic rings. The topological polar surface area (TPSA) is 74.6 Å². The van der Waals surface area contributed by atoms with Crippen LogP contribution in [0.15, 0.2) is 0 Å². The van der Waals surface area contributed by atoms with Gasteiger partial charge in [0.25, 0.3) is 0 Å². The summed E-state index contributed by atoms with van der Waals surface area (Å²) in [5.41, 5.74) is 0. The molecule has 2 N–H and O–H groups in total. The molecule has 0 aromatic heterocycles. The summed E-state index contributed by atoms with van der Waals surface area (Å²) in [6, 6.07) is 0. The maximum Gasteiger partial charge on any atom is 0.394 e. The summed E-state index contributed by atoms with van der Waals surface area (Å²) >= 11 is 0. The SMILES string of the molecule is CCCCCCCCCCCCCCCCCCC[N+](C)(CC)CC.O=S(=O)(O)O. The Kier molecular flexibility index (Phi) is 23.5. The number of hydrogen-bond acceptors (Lipinski definition) is 2. The zero-order chi connectivity index (χ0) is 23.1. The van der Waals surface area contributed by atoms with Crippen LogP contribution in [0.25, 0.3) is 0 Å². The zero-order valence-corrected chi connectivity index (χ0v) is 21.5. The third-order valence-corrected chi connectivity index (χ3v) is 6.33. The fourth-order valence-electron chi connectivity index (χ4n) is 3.76. The highest BCUT2D eigenvalue weighted by Crippen LogP contribution is 2.14. The second-order valence-corrected chi connectivity index (χ2v) is 9.98. The fourth-order valence-corrected chi connectivity index (χ4v) is 3.76. The molecule has 0 saturated carbocycles. The average molecular weight is 453 g/mol. The Hall–Kier alpha value is -0.170. The van der Waals surface area contributed by atoms with E-state index in [9.17, 15) is 0 Å². The molecule has 0 fully saturated rings. The highest BCUT2D eigenvalue weighted by atomic mass is 32.3. The van der Waals surface area contributed by atoms with Crippen molar-refractivity contribution < 1.29 is 22.0 Å². The van der Waals surface area contributed by atoms with Gasteiger partial charge in [-0.05, 0) is 26.7 Å². The lowest BCUT2D eigenvalue weighted by atomic mass is 10.0. The molecule has 0 saturated heterocycles. The van der Waals surface area contributed by atoms with Gasteiger partial charge in [-0.1, -0.05) is 103 Å². The lowest BCUT2D eigenvalue weighted by molar-refractivity contribution is -0.906. The van der Waals surface area contributed by atoms with E-state index in [4.69, 9.17) is 17.5 Å². The van der Waals surface area contributed by atoms with Crippen LogP contribution in [0.1, 0.15) is 130 Å². The minimum atomic E-state index is -4.67. The number of unbranched alkanes of at least 4 members (excludes halogenated alkanes) is 16. The molecule has 0 aliphatic rings. The number of quaternary nitrogens is 1. The maximum absolute atomic E-state index is 8.74. The summed E-state index contributed by atoms with van der Waals surface area (Å²) in [5, 5.41) is 0. The van der Waals surface area contributed by atoms with Gasteiger partial charge in [-0.15, -0.1) is 0 Å². The largest absolute Gasteiger partial charge is 0.394 e. The first-order chi connectivity index (χ1) is 14.2. The van der Waals surface area contributed by atoms with E-state index in [0.29, 0.717) is 0 Å². The van der Waals surface area contributed by atoms with Gasteiger partial charge in [0.15, 0.2) is 0 Å². The van der Waals surface area contributed by atoms with Crippen LogP contribution in [-0.4, -0.2) is 48.7 Å². The second-order valence-electron chi connectivity index (χ2n) is 9.08. The molecule has 0 aliphatic carbocycles. The fraction of sp³-hybridized carbons (Fsp3) is 1.00. The van der Waals surface area contributed by atoms with Crippen molar-refractivity contribution >= 4 is 10.4 Å². The summed E-state index contributed by atoms with van der Waals surface area (Å²) in [6.45, 7) is 10.9. The smallest absolute Gasteiger partial charge is 0.327 e. The molecule has 0 aromatic carbocycles. The summed E-state index contributed by atoms with van der Waals surface area (Å²) < 4.78 is 32.8. The van der Waals surface area contributed by atoms with Crippen LogP contribution >= 0.6 is 0 Å². The molecule has 0 unspecified atom stereocenters. The molecule has 6 heteroatoms. The van der Waals surface area contributed by atoms with Gasteiger partial charge in [0, 0.05) is 0 Å². The first-order valence-corrected chi connectivity index (χ1v) is 14.1. The van der Waals surface area contributed by atoms with Crippen LogP contribution in [0.3, 0.4) is 0 Å². The zero-order valence-electron chi connectivity index (χ0n) is 20.7. The van der Waals surface area contributed by atoms with Crippen LogP contribution in [0.4, 0.5) is 0 Å². The van der Waals surface area contributed by atoms with Crippen molar-refractivity contribution in [2.45, 2.75) is 130 Å². The van der Waals surface area contributed by atoms with Crippen molar-refractivity contribution in [1.82, 2.24) is 0 Å². The first kappa shape index (κ1) is 32.0. The van der Waals surface area contributed by atoms with Gasteiger partial charge < -0.3 is 4.48 Å². The quantitative estimate of drug-likeness (QED) is 0.114. The summed E-state index contributed by atoms with van der Waals surface area (Å²) in [4.78, 5) is 0. The molecule has 0 rings (SSSR count). The number of hydrogen-bond donors (Lipinski definition) is 2. The van der Waals surface area contributed by atoms with Crippen LogP contribution < -0.4 is 0 Å². The van der Waals surface area contributed by atoms with E-state index in [-0.39, 0.29) is 0 Å². The molecule has 5 nitrogen and oxygen atoms in total. The maximum atomic E-state index is 8.74. The number of rotatable bonds is 20. The average Bonchev–Trinajstić information content (AvgIpc) is 2.69. The molecule has 0 amide bonds. The monoisotopic (exact) mass is 452 g/mol. The first-order valence-electron chi connectivity index (χ1n) is 12.7. The normalized spacial score (nSPS) is 11.9. The van der Waals surface area contributed by atoms with Crippen LogP contribution in [0.2, 0.25) is 0 Å². The Labute approximate surface area is 189 Å². The lowest BCUT2D eigenvalue weighted by Crippen LogP contribution is -2.44. The van der Waals surface area contributed by atoms with Gasteiger partial charge >= 0.3 is 10.4 Å². The predicted molar refractivity (Wildman–Crippen MR) is 130 cm³/mol. The molecule has 30 heavy (non-hydrogen) atoms. The van der Waals surface area contributed by atoms with E-state index in [2.05, 4.69) is 27.8 Å². The van der Waals surface area contributed by atoms with Gasteiger partial charge in [0.05, 0.1) is 26.7 Å². The van der Waals surface area contributed by atoms with Gasteiger partial charge in [0.1, 0.15) is 0 Å². The van der Waals surface area contributed by atoms with Gasteiger partial charge in [-0.3, -0.25) is 9.11 Å². The molecule has 0 bridgehead atoms. The molecule has 0 radical (unpaired) electrons. The Morgan fingerprint density at radius 2 is 0.767 bits per heavy atom. The van der Waals surface area contributed by atoms with Crippen LogP contribution in [-0.2, 0) is 10.4 Å². The predicted octanol–water partition coefficient (Wildman–Crippen LogP) is 7.47. The van der Waals surface area contributed by atoms with Crippen molar-refractivity contribution in [2.24, 2.45) is 0 Å². The van der Waals surface area contributed by atoms with E-state index in [1.165, 1.54) is 133 Å². The van der Waals surface area contributed by atoms with Crippen LogP contribution in [0, 0.1) is 0 Å². The Balaban J connectivity index is 0. The van der Waals surface area contributed by atoms with E-state index in [1.54, 1.807) is 0 Å². The number of nitrogens with zero attached hydrogens (tertiary/aromatic N) is 1. The molecule has 0 spiro atoms. The second kappa shape index (κ2) is 22.0. The minimum absolute atomic E-state index is 1.26. The molecule has 0 heterocycles. The molecular formula is C24H54NO4S+. The van der Waals surface area contributed by atoms with Crippen molar-refractivity contribution in [2.75, 3.05) is 26.7 Å². The van der Waals surface area contributed by atoms with Crippen molar-refractivity contribution in [1.29, 1.82) is 0 Å². The van der Waals surface area contributed by atoms with Gasteiger partial charge in [0.2, 0.25) is 0 Å². The van der Waals surface area contributed by atoms with Crippen molar-refractivity contribution in [3.8, 4) is 0 Å². The van der Waals surface area contributed by atoms with Crippen LogP contribution in [0.5, 0.6) is 0 Å². The summed E-state index contributed by atoms with van der Waals surface area (Å²) in [5.74, 6) is 0. The van der Waals surface area contributed by atoms with Gasteiger partial charge in [-0.25, -0.2) is 0 Å². The molecule has 0 aliphatic heterocycles. The Morgan fingerprint density at radius 3 is 1.00 bits per heavy atom. The summed E-state index contributed by atoms with van der Waals surface area (Å²) in [6.07, 6.45) is 24.9. The van der Waals surface area contributed by atoms with Crippen molar-refractivity contribution in [3.63, 3.8) is 0 Å². The Morgan fingerprint density at radius 1 is 0.533 bits per heavy atom. The Bertz CT molecular complexity index is 428. The van der Waals surface area contributed by atoms with E-state index in [0.717, 1.165) is 0 Å². The van der Waals surface area contributed by atoms with E-state index < -0.39 is 10.4 Å². The summed E-state index contributed by atoms with van der Waals surface area (Å²) in [7, 11) is -2.26. The molecule has 0 atom stereocenters. The molecular weight excluding hydrogens is 398 g/mol. The lowest BCUT2D eigenvalue weighted by Gasteiger charge is -2.32. The minimum Gasteiger partial charge on any atom is -0.327 e. The highest BCUT2D eigenvalue weighted by Gasteiger charge is 2.14. The van der Waals surface area contributed by atoms with Crippen molar-refractivity contribution in [3.05, 3.63) is 0 Å². The molecule has 184 valence electrons.